The van der Waals surface area contributed by atoms with E-state index in [1.165, 1.54) is 18.4 Å². The average molecular weight is 429 g/mol. The summed E-state index contributed by atoms with van der Waals surface area (Å²) in [7, 11) is 4.31. The molecule has 2 N–H and O–H groups in total. The summed E-state index contributed by atoms with van der Waals surface area (Å²) in [4.78, 5) is 31.8. The standard InChI is InChI=1S/C24H36N4O3/c1-26(2)24(20-6-4-3-5-7-20)12-10-23(11-13-24)18-27(17-21(30)25-14-15-29)22(31)28(23)16-19-8-9-19/h3-7,19,29H,8-18H2,1-2H3,(H,25,30)/t23-,24-. The minimum absolute atomic E-state index is 0.00288. The van der Waals surface area contributed by atoms with Gasteiger partial charge in [0.15, 0.2) is 0 Å². The van der Waals surface area contributed by atoms with Crippen LogP contribution in [-0.4, -0.2) is 84.2 Å². The van der Waals surface area contributed by atoms with Crippen molar-refractivity contribution in [1.82, 2.24) is 20.0 Å². The molecule has 1 aromatic carbocycles. The number of nitrogens with zero attached hydrogens (tertiary/aromatic N) is 3. The van der Waals surface area contributed by atoms with Crippen molar-refractivity contribution in [2.75, 3.05) is 46.9 Å². The molecule has 0 radical (unpaired) electrons. The van der Waals surface area contributed by atoms with E-state index in [9.17, 15) is 9.59 Å². The van der Waals surface area contributed by atoms with Gasteiger partial charge in [0.2, 0.25) is 5.91 Å². The molecular weight excluding hydrogens is 392 g/mol. The van der Waals surface area contributed by atoms with Crippen LogP contribution in [0.1, 0.15) is 44.1 Å². The predicted molar refractivity (Wildman–Crippen MR) is 120 cm³/mol. The normalized spacial score (nSPS) is 28.6. The molecule has 3 aliphatic rings. The molecule has 0 atom stereocenters. The quantitative estimate of drug-likeness (QED) is 0.664. The zero-order chi connectivity index (χ0) is 22.1. The van der Waals surface area contributed by atoms with E-state index in [2.05, 4.69) is 59.5 Å². The maximum absolute atomic E-state index is 13.3. The first-order valence-corrected chi connectivity index (χ1v) is 11.6. The van der Waals surface area contributed by atoms with Crippen LogP contribution in [0.3, 0.4) is 0 Å². The molecule has 170 valence electrons. The summed E-state index contributed by atoms with van der Waals surface area (Å²) < 4.78 is 0. The van der Waals surface area contributed by atoms with Crippen LogP contribution in [0.25, 0.3) is 0 Å². The molecule has 7 nitrogen and oxygen atoms in total. The first-order chi connectivity index (χ1) is 14.9. The van der Waals surface area contributed by atoms with Crippen molar-refractivity contribution in [3.63, 3.8) is 0 Å². The molecule has 0 bridgehead atoms. The van der Waals surface area contributed by atoms with Crippen molar-refractivity contribution in [1.29, 1.82) is 0 Å². The average Bonchev–Trinajstić information content (AvgIpc) is 3.56. The Morgan fingerprint density at radius 1 is 1.16 bits per heavy atom. The third-order valence-electron chi connectivity index (χ3n) is 7.64. The molecule has 0 unspecified atom stereocenters. The Morgan fingerprint density at radius 3 is 2.42 bits per heavy atom. The lowest BCUT2D eigenvalue weighted by Gasteiger charge is -2.51. The van der Waals surface area contributed by atoms with Gasteiger partial charge in [-0.25, -0.2) is 4.79 Å². The first-order valence-electron chi connectivity index (χ1n) is 11.6. The van der Waals surface area contributed by atoms with Gasteiger partial charge in [-0.1, -0.05) is 30.3 Å². The fourth-order valence-corrected chi connectivity index (χ4v) is 5.56. The van der Waals surface area contributed by atoms with Crippen LogP contribution < -0.4 is 5.32 Å². The number of carbonyl (C=O) groups excluding carboxylic acids is 2. The SMILES string of the molecule is CN(C)[C@]1(c2ccccc2)CC[C@@]2(CC1)CN(CC(=O)NCCO)C(=O)N2CC1CC1. The van der Waals surface area contributed by atoms with E-state index in [1.807, 2.05) is 0 Å². The molecule has 3 amide bonds. The third kappa shape index (κ3) is 4.30. The fourth-order valence-electron chi connectivity index (χ4n) is 5.56. The minimum atomic E-state index is -0.200. The van der Waals surface area contributed by atoms with Crippen LogP contribution in [0.5, 0.6) is 0 Å². The van der Waals surface area contributed by atoms with Gasteiger partial charge in [0.25, 0.3) is 0 Å². The van der Waals surface area contributed by atoms with E-state index in [-0.39, 0.29) is 42.7 Å². The van der Waals surface area contributed by atoms with Crippen LogP contribution in [0, 0.1) is 5.92 Å². The monoisotopic (exact) mass is 428 g/mol. The van der Waals surface area contributed by atoms with Crippen LogP contribution >= 0.6 is 0 Å². The summed E-state index contributed by atoms with van der Waals surface area (Å²) in [6.45, 7) is 1.63. The number of benzene rings is 1. The van der Waals surface area contributed by atoms with Crippen molar-refractivity contribution in [2.24, 2.45) is 5.92 Å². The Labute approximate surface area is 185 Å². The summed E-state index contributed by atoms with van der Waals surface area (Å²) in [5, 5.41) is 11.6. The zero-order valence-electron chi connectivity index (χ0n) is 18.8. The smallest absolute Gasteiger partial charge is 0.321 e. The number of amides is 3. The second kappa shape index (κ2) is 8.79. The molecule has 1 aliphatic heterocycles. The van der Waals surface area contributed by atoms with Gasteiger partial charge >= 0.3 is 6.03 Å². The zero-order valence-corrected chi connectivity index (χ0v) is 18.8. The number of hydrogen-bond acceptors (Lipinski definition) is 4. The number of aliphatic hydroxyl groups excluding tert-OH is 1. The topological polar surface area (TPSA) is 76.1 Å². The highest BCUT2D eigenvalue weighted by atomic mass is 16.3. The Bertz CT molecular complexity index is 785. The molecular formula is C24H36N4O3. The molecule has 1 aromatic rings. The Kier molecular flexibility index (Phi) is 6.26. The Hall–Kier alpha value is -2.12. The summed E-state index contributed by atoms with van der Waals surface area (Å²) in [6, 6.07) is 10.7. The fraction of sp³-hybridized carbons (Fsp3) is 0.667. The molecule has 2 aliphatic carbocycles. The maximum atomic E-state index is 13.3. The molecule has 2 saturated carbocycles. The molecule has 3 fully saturated rings. The van der Waals surface area contributed by atoms with Gasteiger partial charge in [0, 0.05) is 25.2 Å². The van der Waals surface area contributed by atoms with E-state index in [4.69, 9.17) is 5.11 Å². The second-order valence-corrected chi connectivity index (χ2v) is 9.78. The molecule has 7 heteroatoms. The highest BCUT2D eigenvalue weighted by molar-refractivity contribution is 5.86. The lowest BCUT2D eigenvalue weighted by Crippen LogP contribution is -2.55. The van der Waals surface area contributed by atoms with E-state index in [0.717, 1.165) is 32.2 Å². The van der Waals surface area contributed by atoms with Gasteiger partial charge in [0.1, 0.15) is 6.54 Å². The van der Waals surface area contributed by atoms with Crippen LogP contribution in [-0.2, 0) is 10.3 Å². The molecule has 1 saturated heterocycles. The Morgan fingerprint density at radius 2 is 1.84 bits per heavy atom. The van der Waals surface area contributed by atoms with E-state index in [0.29, 0.717) is 12.5 Å². The van der Waals surface area contributed by atoms with Gasteiger partial charge in [-0.15, -0.1) is 0 Å². The molecule has 4 rings (SSSR count). The van der Waals surface area contributed by atoms with Crippen molar-refractivity contribution in [2.45, 2.75) is 49.6 Å². The summed E-state index contributed by atoms with van der Waals surface area (Å²) in [5.74, 6) is 0.409. The summed E-state index contributed by atoms with van der Waals surface area (Å²) in [5.41, 5.74) is 1.13. The first kappa shape index (κ1) is 22.1. The van der Waals surface area contributed by atoms with Crippen molar-refractivity contribution >= 4 is 11.9 Å². The van der Waals surface area contributed by atoms with Gasteiger partial charge in [-0.3, -0.25) is 9.69 Å². The number of aliphatic hydroxyl groups is 1. The van der Waals surface area contributed by atoms with Crippen molar-refractivity contribution in [3.8, 4) is 0 Å². The predicted octanol–water partition coefficient (Wildman–Crippen LogP) is 2.01. The maximum Gasteiger partial charge on any atom is 0.321 e. The third-order valence-corrected chi connectivity index (χ3v) is 7.64. The summed E-state index contributed by atoms with van der Waals surface area (Å²) in [6.07, 6.45) is 6.25. The lowest BCUT2D eigenvalue weighted by atomic mass is 9.68. The van der Waals surface area contributed by atoms with Crippen LogP contribution in [0.15, 0.2) is 30.3 Å². The van der Waals surface area contributed by atoms with Crippen LogP contribution in [0.4, 0.5) is 4.79 Å². The number of carbonyl (C=O) groups is 2. The minimum Gasteiger partial charge on any atom is -0.395 e. The van der Waals surface area contributed by atoms with Crippen molar-refractivity contribution < 1.29 is 14.7 Å². The number of rotatable bonds is 8. The largest absolute Gasteiger partial charge is 0.395 e. The number of urea groups is 1. The molecule has 1 spiro atoms. The van der Waals surface area contributed by atoms with Gasteiger partial charge in [-0.2, -0.15) is 0 Å². The highest BCUT2D eigenvalue weighted by Crippen LogP contribution is 2.49. The second-order valence-electron chi connectivity index (χ2n) is 9.78. The van der Waals surface area contributed by atoms with Crippen LogP contribution in [0.2, 0.25) is 0 Å². The highest BCUT2D eigenvalue weighted by Gasteiger charge is 2.55. The molecule has 31 heavy (non-hydrogen) atoms. The van der Waals surface area contributed by atoms with E-state index >= 15 is 0 Å². The van der Waals surface area contributed by atoms with Crippen molar-refractivity contribution in [3.05, 3.63) is 35.9 Å². The Balaban J connectivity index is 1.53. The number of nitrogens with one attached hydrogen (secondary N) is 1. The lowest BCUT2D eigenvalue weighted by molar-refractivity contribution is -0.121. The number of hydrogen-bond donors (Lipinski definition) is 2. The van der Waals surface area contributed by atoms with Gasteiger partial charge < -0.3 is 20.2 Å². The van der Waals surface area contributed by atoms with Gasteiger partial charge in [-0.05, 0) is 64.1 Å². The van der Waals surface area contributed by atoms with E-state index in [1.54, 1.807) is 4.90 Å². The molecule has 0 aromatic heterocycles. The van der Waals surface area contributed by atoms with E-state index < -0.39 is 0 Å². The molecule has 1 heterocycles. The summed E-state index contributed by atoms with van der Waals surface area (Å²) >= 11 is 0. The van der Waals surface area contributed by atoms with Gasteiger partial charge in [0.05, 0.1) is 12.1 Å².